The van der Waals surface area contributed by atoms with Crippen LogP contribution in [0.4, 0.5) is 4.39 Å². The smallest absolute Gasteiger partial charge is 0.337 e. The van der Waals surface area contributed by atoms with E-state index in [1.165, 1.54) is 40.6 Å². The molecule has 0 heterocycles. The minimum absolute atomic E-state index is 0.0347. The van der Waals surface area contributed by atoms with E-state index in [2.05, 4.69) is 36.5 Å². The molecule has 0 saturated heterocycles. The van der Waals surface area contributed by atoms with Crippen molar-refractivity contribution in [2.75, 3.05) is 13.2 Å². The fraction of sp³-hybridized carbons (Fsp3) is 0.148. The van der Waals surface area contributed by atoms with E-state index in [0.29, 0.717) is 30.0 Å². The van der Waals surface area contributed by atoms with Crippen LogP contribution >= 0.6 is 11.6 Å². The molecule has 1 atom stereocenters. The fourth-order valence-electron chi connectivity index (χ4n) is 3.86. The lowest BCUT2D eigenvalue weighted by Crippen LogP contribution is -2.24. The maximum Gasteiger partial charge on any atom is 0.337 e. The average molecular weight is 464 g/mol. The molecule has 0 aliphatic carbocycles. The van der Waals surface area contributed by atoms with Crippen molar-refractivity contribution in [3.8, 4) is 16.9 Å². The lowest BCUT2D eigenvalue weighted by atomic mass is 10.00. The first kappa shape index (κ1) is 22.8. The normalized spacial score (nSPS) is 12.0. The van der Waals surface area contributed by atoms with E-state index in [1.807, 2.05) is 18.2 Å². The molecule has 4 aromatic rings. The Balaban J connectivity index is 1.42. The number of hydrogen-bond acceptors (Lipinski definition) is 3. The van der Waals surface area contributed by atoms with Gasteiger partial charge < -0.3 is 15.2 Å². The summed E-state index contributed by atoms with van der Waals surface area (Å²) >= 11 is 5.94. The van der Waals surface area contributed by atoms with Crippen molar-refractivity contribution in [1.29, 1.82) is 0 Å². The molecule has 0 aromatic heterocycles. The van der Waals surface area contributed by atoms with Crippen molar-refractivity contribution in [2.45, 2.75) is 13.0 Å². The lowest BCUT2D eigenvalue weighted by molar-refractivity contribution is 0.0697. The maximum atomic E-state index is 14.2. The second-order valence-electron chi connectivity index (χ2n) is 7.77. The SMILES string of the molecule is CC(NCCOc1cc(F)cc(-c2ccc(Cl)c(C(=O)O)c2)c1)c1cccc2ccccc12. The molecule has 0 amide bonds. The quantitative estimate of drug-likeness (QED) is 0.284. The van der Waals surface area contributed by atoms with Crippen LogP contribution in [-0.4, -0.2) is 24.2 Å². The summed E-state index contributed by atoms with van der Waals surface area (Å²) in [5, 5.41) is 15.3. The van der Waals surface area contributed by atoms with Crippen molar-refractivity contribution >= 4 is 28.3 Å². The number of aromatic carboxylic acids is 1. The number of carbonyl (C=O) groups is 1. The molecule has 4 rings (SSSR count). The van der Waals surface area contributed by atoms with Crippen molar-refractivity contribution in [2.24, 2.45) is 0 Å². The maximum absolute atomic E-state index is 14.2. The number of fused-ring (bicyclic) bond motifs is 1. The van der Waals surface area contributed by atoms with Gasteiger partial charge in [0.15, 0.2) is 0 Å². The zero-order chi connectivity index (χ0) is 23.4. The van der Waals surface area contributed by atoms with Crippen LogP contribution in [0, 0.1) is 5.82 Å². The molecule has 168 valence electrons. The Labute approximate surface area is 196 Å². The molecule has 0 radical (unpaired) electrons. The predicted octanol–water partition coefficient (Wildman–Crippen LogP) is 6.73. The lowest BCUT2D eigenvalue weighted by Gasteiger charge is -2.17. The molecule has 1 unspecified atom stereocenters. The van der Waals surface area contributed by atoms with Crippen molar-refractivity contribution < 1.29 is 19.0 Å². The number of benzene rings is 4. The number of carboxylic acids is 1. The third kappa shape index (κ3) is 5.33. The Bertz CT molecular complexity index is 1300. The van der Waals surface area contributed by atoms with Gasteiger partial charge in [0.2, 0.25) is 0 Å². The molecular formula is C27H23ClFNO3. The molecule has 0 aliphatic rings. The van der Waals surface area contributed by atoms with Gasteiger partial charge in [-0.25, -0.2) is 9.18 Å². The summed E-state index contributed by atoms with van der Waals surface area (Å²) in [4.78, 5) is 11.4. The van der Waals surface area contributed by atoms with Crippen molar-refractivity contribution in [3.05, 3.63) is 101 Å². The molecule has 4 nitrogen and oxygen atoms in total. The minimum atomic E-state index is -1.14. The van der Waals surface area contributed by atoms with E-state index in [1.54, 1.807) is 12.1 Å². The summed E-state index contributed by atoms with van der Waals surface area (Å²) in [5.41, 5.74) is 2.23. The Morgan fingerprint density at radius 1 is 1.03 bits per heavy atom. The highest BCUT2D eigenvalue weighted by atomic mass is 35.5. The molecule has 0 spiro atoms. The molecule has 6 heteroatoms. The van der Waals surface area contributed by atoms with E-state index in [0.717, 1.165) is 0 Å². The summed E-state index contributed by atoms with van der Waals surface area (Å²) in [7, 11) is 0. The summed E-state index contributed by atoms with van der Waals surface area (Å²) in [6.07, 6.45) is 0. The molecule has 33 heavy (non-hydrogen) atoms. The number of ether oxygens (including phenoxy) is 1. The van der Waals surface area contributed by atoms with Crippen molar-refractivity contribution in [3.63, 3.8) is 0 Å². The van der Waals surface area contributed by atoms with Crippen LogP contribution < -0.4 is 10.1 Å². The molecule has 0 fully saturated rings. The third-order valence-electron chi connectivity index (χ3n) is 5.51. The number of carboxylic acid groups (broad SMARTS) is 1. The van der Waals surface area contributed by atoms with Gasteiger partial charge in [0, 0.05) is 18.7 Å². The van der Waals surface area contributed by atoms with Crippen LogP contribution in [0.2, 0.25) is 5.02 Å². The zero-order valence-corrected chi connectivity index (χ0v) is 18.8. The van der Waals surface area contributed by atoms with E-state index in [-0.39, 0.29) is 16.6 Å². The van der Waals surface area contributed by atoms with Crippen LogP contribution in [-0.2, 0) is 0 Å². The number of nitrogens with one attached hydrogen (secondary N) is 1. The van der Waals surface area contributed by atoms with Gasteiger partial charge in [-0.3, -0.25) is 0 Å². The second-order valence-corrected chi connectivity index (χ2v) is 8.18. The predicted molar refractivity (Wildman–Crippen MR) is 130 cm³/mol. The van der Waals surface area contributed by atoms with Gasteiger partial charge in [-0.1, -0.05) is 60.1 Å². The number of rotatable bonds is 8. The Morgan fingerprint density at radius 3 is 2.64 bits per heavy atom. The largest absolute Gasteiger partial charge is 0.492 e. The monoisotopic (exact) mass is 463 g/mol. The van der Waals surface area contributed by atoms with Crippen LogP contribution in [0.25, 0.3) is 21.9 Å². The summed E-state index contributed by atoms with van der Waals surface area (Å²) in [6.45, 7) is 3.02. The standard InChI is InChI=1S/C27H23ClFNO3/c1-17(23-8-4-6-18-5-2-3-7-24(18)23)30-11-12-33-22-14-20(13-21(29)16-22)19-9-10-26(28)25(15-19)27(31)32/h2-10,13-17,30H,11-12H2,1H3,(H,31,32). The highest BCUT2D eigenvalue weighted by Gasteiger charge is 2.12. The minimum Gasteiger partial charge on any atom is -0.492 e. The Hall–Kier alpha value is -3.41. The van der Waals surface area contributed by atoms with Gasteiger partial charge in [-0.15, -0.1) is 0 Å². The molecule has 4 aromatic carbocycles. The topological polar surface area (TPSA) is 58.6 Å². The van der Waals surface area contributed by atoms with E-state index in [9.17, 15) is 14.3 Å². The summed E-state index contributed by atoms with van der Waals surface area (Å²) in [6, 6.07) is 23.5. The Morgan fingerprint density at radius 2 is 1.82 bits per heavy atom. The summed E-state index contributed by atoms with van der Waals surface area (Å²) in [5.74, 6) is -1.23. The van der Waals surface area contributed by atoms with Crippen LogP contribution in [0.3, 0.4) is 0 Å². The molecular weight excluding hydrogens is 441 g/mol. The molecule has 2 N–H and O–H groups in total. The van der Waals surface area contributed by atoms with Gasteiger partial charge in [0.05, 0.1) is 10.6 Å². The first-order valence-corrected chi connectivity index (χ1v) is 11.0. The number of halogens is 2. The molecule has 0 aliphatic heterocycles. The molecule has 0 saturated carbocycles. The van der Waals surface area contributed by atoms with Crippen LogP contribution in [0.1, 0.15) is 28.9 Å². The van der Waals surface area contributed by atoms with Gasteiger partial charge in [-0.2, -0.15) is 0 Å². The van der Waals surface area contributed by atoms with Gasteiger partial charge in [-0.05, 0) is 58.7 Å². The first-order valence-electron chi connectivity index (χ1n) is 10.6. The Kier molecular flexibility index (Phi) is 6.92. The molecule has 0 bridgehead atoms. The van der Waals surface area contributed by atoms with E-state index < -0.39 is 11.8 Å². The van der Waals surface area contributed by atoms with E-state index in [4.69, 9.17) is 16.3 Å². The zero-order valence-electron chi connectivity index (χ0n) is 18.0. The number of hydrogen-bond donors (Lipinski definition) is 2. The highest BCUT2D eigenvalue weighted by molar-refractivity contribution is 6.33. The van der Waals surface area contributed by atoms with Crippen LogP contribution in [0.15, 0.2) is 78.9 Å². The van der Waals surface area contributed by atoms with Gasteiger partial charge >= 0.3 is 5.97 Å². The average Bonchev–Trinajstić information content (AvgIpc) is 2.81. The van der Waals surface area contributed by atoms with Gasteiger partial charge in [0.25, 0.3) is 0 Å². The van der Waals surface area contributed by atoms with Crippen LogP contribution in [0.5, 0.6) is 5.75 Å². The van der Waals surface area contributed by atoms with Crippen molar-refractivity contribution in [1.82, 2.24) is 5.32 Å². The second kappa shape index (κ2) is 10.0. The first-order chi connectivity index (χ1) is 15.9. The summed E-state index contributed by atoms with van der Waals surface area (Å²) < 4.78 is 20.0. The third-order valence-corrected chi connectivity index (χ3v) is 5.84. The fourth-order valence-corrected chi connectivity index (χ4v) is 4.06. The van der Waals surface area contributed by atoms with Gasteiger partial charge in [0.1, 0.15) is 18.2 Å². The van der Waals surface area contributed by atoms with E-state index >= 15 is 0 Å². The highest BCUT2D eigenvalue weighted by Crippen LogP contribution is 2.29.